The van der Waals surface area contributed by atoms with Gasteiger partial charge in [0.25, 0.3) is 5.56 Å². The average molecular weight is 590 g/mol. The maximum absolute atomic E-state index is 13.5. The Morgan fingerprint density at radius 2 is 1.74 bits per heavy atom. The topological polar surface area (TPSA) is 83.5 Å². The van der Waals surface area contributed by atoms with Crippen molar-refractivity contribution in [3.8, 4) is 39.8 Å². The summed E-state index contributed by atoms with van der Waals surface area (Å²) in [5.74, 6) is 2.50. The van der Waals surface area contributed by atoms with Crippen LogP contribution in [0.1, 0.15) is 25.0 Å². The van der Waals surface area contributed by atoms with E-state index in [2.05, 4.69) is 36.6 Å². The third-order valence-corrected chi connectivity index (χ3v) is 7.69. The number of aromatic nitrogens is 5. The molecule has 0 atom stereocenters. The number of thiazole rings is 1. The summed E-state index contributed by atoms with van der Waals surface area (Å²) in [6, 6.07) is 23.4. The fourth-order valence-corrected chi connectivity index (χ4v) is 5.50. The van der Waals surface area contributed by atoms with Crippen LogP contribution in [0.2, 0.25) is 0 Å². The summed E-state index contributed by atoms with van der Waals surface area (Å²) >= 11 is 1.30. The molecule has 0 unspecified atom stereocenters. The molecule has 9 heteroatoms. The Labute approximate surface area is 253 Å². The van der Waals surface area contributed by atoms with Gasteiger partial charge in [0.05, 0.1) is 16.8 Å². The molecule has 0 fully saturated rings. The number of ether oxygens (including phenoxy) is 2. The first kappa shape index (κ1) is 28.1. The molecule has 0 amide bonds. The molecule has 43 heavy (non-hydrogen) atoms. The molecule has 0 aliphatic rings. The van der Waals surface area contributed by atoms with E-state index in [9.17, 15) is 4.79 Å². The number of aryl methyl sites for hydroxylation is 1. The summed E-state index contributed by atoms with van der Waals surface area (Å²) in [4.78, 5) is 18.6. The van der Waals surface area contributed by atoms with Crippen LogP contribution in [0, 0.1) is 12.8 Å². The first-order valence-electron chi connectivity index (χ1n) is 14.0. The van der Waals surface area contributed by atoms with Crippen molar-refractivity contribution in [3.63, 3.8) is 0 Å². The molecule has 3 aromatic heterocycles. The Bertz CT molecular complexity index is 2010. The lowest BCUT2D eigenvalue weighted by Gasteiger charge is -2.12. The number of hydrogen-bond acceptors (Lipinski definition) is 7. The van der Waals surface area contributed by atoms with Crippen LogP contribution < -0.4 is 19.6 Å². The Balaban J connectivity index is 1.38. The Hall–Kier alpha value is -5.02. The van der Waals surface area contributed by atoms with Crippen molar-refractivity contribution in [1.29, 1.82) is 0 Å². The zero-order valence-electron chi connectivity index (χ0n) is 24.2. The van der Waals surface area contributed by atoms with Gasteiger partial charge in [0.2, 0.25) is 4.96 Å². The number of benzene rings is 3. The van der Waals surface area contributed by atoms with Gasteiger partial charge in [-0.2, -0.15) is 14.6 Å². The highest BCUT2D eigenvalue weighted by atomic mass is 32.1. The van der Waals surface area contributed by atoms with Gasteiger partial charge in [-0.1, -0.05) is 56.0 Å². The summed E-state index contributed by atoms with van der Waals surface area (Å²) in [6.07, 6.45) is 5.51. The predicted octanol–water partition coefficient (Wildman–Crippen LogP) is 6.13. The number of nitrogens with zero attached hydrogens (tertiary/aromatic N) is 5. The van der Waals surface area contributed by atoms with Gasteiger partial charge in [-0.3, -0.25) is 4.79 Å². The smallest absolute Gasteiger partial charge is 0.291 e. The number of rotatable bonds is 10. The molecule has 3 aromatic carbocycles. The lowest BCUT2D eigenvalue weighted by Crippen LogP contribution is -2.23. The summed E-state index contributed by atoms with van der Waals surface area (Å²) in [5, 5.41) is 9.45. The molecule has 0 saturated heterocycles. The maximum atomic E-state index is 13.5. The molecule has 0 spiro atoms. The highest BCUT2D eigenvalue weighted by Crippen LogP contribution is 2.29. The fourth-order valence-electron chi connectivity index (χ4n) is 4.60. The second-order valence-corrected chi connectivity index (χ2v) is 11.6. The number of para-hydroxylation sites is 1. The monoisotopic (exact) mass is 589 g/mol. The highest BCUT2D eigenvalue weighted by molar-refractivity contribution is 7.15. The van der Waals surface area contributed by atoms with Crippen LogP contribution in [0.25, 0.3) is 39.4 Å². The normalized spacial score (nSPS) is 11.9. The van der Waals surface area contributed by atoms with Gasteiger partial charge in [-0.25, -0.2) is 4.68 Å². The fraction of sp³-hybridized carbons (Fsp3) is 0.176. The van der Waals surface area contributed by atoms with Gasteiger partial charge in [-0.15, -0.1) is 5.10 Å². The predicted molar refractivity (Wildman–Crippen MR) is 171 cm³/mol. The third-order valence-electron chi connectivity index (χ3n) is 6.73. The Morgan fingerprint density at radius 1 is 0.977 bits per heavy atom. The maximum Gasteiger partial charge on any atom is 0.291 e. The van der Waals surface area contributed by atoms with Crippen molar-refractivity contribution in [1.82, 2.24) is 24.4 Å². The minimum absolute atomic E-state index is 0.225. The van der Waals surface area contributed by atoms with Crippen molar-refractivity contribution in [2.24, 2.45) is 5.92 Å². The van der Waals surface area contributed by atoms with Gasteiger partial charge in [0.15, 0.2) is 5.82 Å². The minimum atomic E-state index is -0.225. The van der Waals surface area contributed by atoms with Crippen LogP contribution in [0.3, 0.4) is 0 Å². The second-order valence-electron chi connectivity index (χ2n) is 10.6. The van der Waals surface area contributed by atoms with Crippen molar-refractivity contribution < 1.29 is 9.47 Å². The number of hydrogen-bond donors (Lipinski definition) is 0. The molecule has 6 aromatic rings. The van der Waals surface area contributed by atoms with Crippen LogP contribution in [0.5, 0.6) is 11.5 Å². The van der Waals surface area contributed by atoms with Crippen LogP contribution in [0.15, 0.2) is 96.4 Å². The van der Waals surface area contributed by atoms with E-state index in [0.29, 0.717) is 34.4 Å². The van der Waals surface area contributed by atoms with Crippen LogP contribution >= 0.6 is 11.3 Å². The first-order valence-corrected chi connectivity index (χ1v) is 14.9. The molecule has 0 aliphatic heterocycles. The summed E-state index contributed by atoms with van der Waals surface area (Å²) < 4.78 is 15.3. The van der Waals surface area contributed by atoms with Crippen molar-refractivity contribution in [2.75, 3.05) is 13.2 Å². The molecule has 6 rings (SSSR count). The molecule has 0 saturated carbocycles. The average Bonchev–Trinajstić information content (AvgIpc) is 3.71. The van der Waals surface area contributed by atoms with E-state index in [1.165, 1.54) is 15.9 Å². The number of fused-ring (bicyclic) bond motifs is 1. The second kappa shape index (κ2) is 12.1. The summed E-state index contributed by atoms with van der Waals surface area (Å²) in [5.41, 5.74) is 5.04. The molecule has 3 heterocycles. The van der Waals surface area contributed by atoms with Crippen molar-refractivity contribution in [3.05, 3.63) is 118 Å². The van der Waals surface area contributed by atoms with E-state index < -0.39 is 0 Å². The molecule has 0 bridgehead atoms. The van der Waals surface area contributed by atoms with Crippen molar-refractivity contribution in [2.45, 2.75) is 20.8 Å². The molecule has 8 nitrogen and oxygen atoms in total. The first-order chi connectivity index (χ1) is 20.9. The van der Waals surface area contributed by atoms with Gasteiger partial charge in [0, 0.05) is 22.9 Å². The van der Waals surface area contributed by atoms with E-state index in [1.54, 1.807) is 6.08 Å². The molecule has 0 aliphatic carbocycles. The van der Waals surface area contributed by atoms with E-state index in [-0.39, 0.29) is 5.56 Å². The van der Waals surface area contributed by atoms with E-state index in [1.807, 2.05) is 90.6 Å². The van der Waals surface area contributed by atoms with Gasteiger partial charge >= 0.3 is 0 Å². The molecular formula is C34H31N5O3S. The minimum Gasteiger partial charge on any atom is -0.493 e. The van der Waals surface area contributed by atoms with Gasteiger partial charge in [0.1, 0.15) is 23.8 Å². The molecule has 216 valence electrons. The zero-order valence-corrected chi connectivity index (χ0v) is 25.0. The van der Waals surface area contributed by atoms with Gasteiger partial charge < -0.3 is 9.47 Å². The SMILES string of the molecule is C=CCOc1ccc(-c2nc3sc(=Cc4cn(-c5ccccc5)nc4-c4ccc(OCC(C)C)c(C)c4)c(=O)n3n2)cc1. The lowest BCUT2D eigenvalue weighted by atomic mass is 10.0. The highest BCUT2D eigenvalue weighted by Gasteiger charge is 2.16. The van der Waals surface area contributed by atoms with Crippen LogP contribution in [0.4, 0.5) is 0 Å². The van der Waals surface area contributed by atoms with E-state index in [0.717, 1.165) is 45.1 Å². The van der Waals surface area contributed by atoms with E-state index >= 15 is 0 Å². The van der Waals surface area contributed by atoms with Crippen LogP contribution in [-0.4, -0.2) is 37.6 Å². The molecule has 0 radical (unpaired) electrons. The Kier molecular flexibility index (Phi) is 7.89. The third kappa shape index (κ3) is 5.98. The quantitative estimate of drug-likeness (QED) is 0.179. The standard InChI is InChI=1S/C34H31N5O3S/c1-5-17-41-28-14-11-24(12-15-28)32-35-34-39(37-32)33(40)30(43-34)19-26-20-38(27-9-7-6-8-10-27)36-31(26)25-13-16-29(23(4)18-25)42-21-22(2)3/h5-16,18-20,22H,1,17,21H2,2-4H3. The molecular weight excluding hydrogens is 558 g/mol. The largest absolute Gasteiger partial charge is 0.493 e. The lowest BCUT2D eigenvalue weighted by molar-refractivity contribution is 0.269. The van der Waals surface area contributed by atoms with Gasteiger partial charge in [-0.05, 0) is 79.1 Å². The summed E-state index contributed by atoms with van der Waals surface area (Å²) in [7, 11) is 0. The van der Waals surface area contributed by atoms with E-state index in [4.69, 9.17) is 14.6 Å². The molecule has 0 N–H and O–H groups in total. The summed E-state index contributed by atoms with van der Waals surface area (Å²) in [6.45, 7) is 11.0. The zero-order chi connectivity index (χ0) is 29.9. The van der Waals surface area contributed by atoms with Crippen molar-refractivity contribution >= 4 is 22.4 Å². The van der Waals surface area contributed by atoms with Crippen LogP contribution in [-0.2, 0) is 0 Å². The Morgan fingerprint density at radius 3 is 2.44 bits per heavy atom.